The van der Waals surface area contributed by atoms with Crippen LogP contribution >= 0.6 is 0 Å². The molecule has 0 radical (unpaired) electrons. The molecule has 1 N–H and O–H groups in total. The lowest BCUT2D eigenvalue weighted by Gasteiger charge is -2.45. The minimum absolute atomic E-state index is 0.250. The second-order valence-electron chi connectivity index (χ2n) is 6.01. The molecule has 0 unspecified atom stereocenters. The van der Waals surface area contributed by atoms with Gasteiger partial charge in [-0.1, -0.05) is 12.8 Å². The van der Waals surface area contributed by atoms with E-state index in [-0.39, 0.29) is 10.8 Å². The third-order valence-corrected chi connectivity index (χ3v) is 6.77. The molecule has 1 aliphatic carbocycles. The lowest BCUT2D eigenvalue weighted by atomic mass is 9.93. The zero-order chi connectivity index (χ0) is 13.2. The van der Waals surface area contributed by atoms with Crippen molar-refractivity contribution in [2.45, 2.75) is 50.3 Å². The smallest absolute Gasteiger partial charge is 0.153 e. The van der Waals surface area contributed by atoms with E-state index in [1.807, 2.05) is 0 Å². The van der Waals surface area contributed by atoms with Gasteiger partial charge in [0.2, 0.25) is 0 Å². The van der Waals surface area contributed by atoms with Gasteiger partial charge in [0.25, 0.3) is 0 Å². The van der Waals surface area contributed by atoms with Gasteiger partial charge in [-0.3, -0.25) is 4.90 Å². The van der Waals surface area contributed by atoms with Crippen molar-refractivity contribution in [1.29, 1.82) is 0 Å². The van der Waals surface area contributed by atoms with Crippen molar-refractivity contribution in [2.75, 3.05) is 31.9 Å². The molecular formula is C13H26N2O2S. The molecule has 0 aromatic carbocycles. The lowest BCUT2D eigenvalue weighted by molar-refractivity contribution is 0.0714. The first kappa shape index (κ1) is 14.3. The maximum absolute atomic E-state index is 11.9. The predicted octanol–water partition coefficient (Wildman–Crippen LogP) is 1.03. The topological polar surface area (TPSA) is 49.4 Å². The molecular weight excluding hydrogens is 248 g/mol. The van der Waals surface area contributed by atoms with Crippen LogP contribution in [0.15, 0.2) is 0 Å². The maximum atomic E-state index is 11.9. The minimum Gasteiger partial charge on any atom is -0.314 e. The van der Waals surface area contributed by atoms with Crippen LogP contribution in [0.3, 0.4) is 0 Å². The van der Waals surface area contributed by atoms with Crippen molar-refractivity contribution in [2.24, 2.45) is 0 Å². The van der Waals surface area contributed by atoms with Gasteiger partial charge in [-0.15, -0.1) is 0 Å². The average Bonchev–Trinajstić information content (AvgIpc) is 2.77. The normalized spacial score (nSPS) is 25.1. The van der Waals surface area contributed by atoms with E-state index in [9.17, 15) is 8.42 Å². The molecule has 1 saturated carbocycles. The van der Waals surface area contributed by atoms with E-state index in [0.29, 0.717) is 12.3 Å². The quantitative estimate of drug-likeness (QED) is 0.832. The van der Waals surface area contributed by atoms with Crippen LogP contribution in [-0.4, -0.2) is 56.0 Å². The molecule has 0 aromatic heterocycles. The first-order valence-electron chi connectivity index (χ1n) is 7.14. The summed E-state index contributed by atoms with van der Waals surface area (Å²) in [6.07, 6.45) is 5.02. The van der Waals surface area contributed by atoms with Crippen LogP contribution in [0.25, 0.3) is 0 Å². The Morgan fingerprint density at radius 2 is 1.94 bits per heavy atom. The standard InChI is InChI=1S/C13H26N2O2S/c1-12(2)18(16,17)10-9-15-8-7-14-11-13(15)5-3-4-6-13/h12,14H,3-11H2,1-2H3. The summed E-state index contributed by atoms with van der Waals surface area (Å²) in [6, 6.07) is 0. The number of nitrogens with one attached hydrogen (secondary N) is 1. The molecule has 1 aliphatic heterocycles. The molecule has 0 aromatic rings. The molecule has 1 saturated heterocycles. The molecule has 1 heterocycles. The average molecular weight is 274 g/mol. The third-order valence-electron chi connectivity index (χ3n) is 4.58. The van der Waals surface area contributed by atoms with E-state index in [1.54, 1.807) is 13.8 Å². The molecule has 0 atom stereocenters. The van der Waals surface area contributed by atoms with Gasteiger partial charge in [-0.2, -0.15) is 0 Å². The first-order valence-corrected chi connectivity index (χ1v) is 8.85. The number of nitrogens with zero attached hydrogens (tertiary/aromatic N) is 1. The molecule has 2 aliphatic rings. The summed E-state index contributed by atoms with van der Waals surface area (Å²) < 4.78 is 23.9. The number of piperazine rings is 1. The first-order chi connectivity index (χ1) is 8.46. The monoisotopic (exact) mass is 274 g/mol. The van der Waals surface area contributed by atoms with Gasteiger partial charge in [-0.25, -0.2) is 8.42 Å². The van der Waals surface area contributed by atoms with E-state index >= 15 is 0 Å². The Kier molecular flexibility index (Phi) is 4.34. The zero-order valence-corrected chi connectivity index (χ0v) is 12.4. The largest absolute Gasteiger partial charge is 0.314 e. The Morgan fingerprint density at radius 3 is 2.56 bits per heavy atom. The Balaban J connectivity index is 1.99. The highest BCUT2D eigenvalue weighted by Gasteiger charge is 2.41. The van der Waals surface area contributed by atoms with Crippen molar-refractivity contribution in [3.8, 4) is 0 Å². The van der Waals surface area contributed by atoms with Gasteiger partial charge in [0.05, 0.1) is 11.0 Å². The third kappa shape index (κ3) is 2.89. The van der Waals surface area contributed by atoms with Crippen LogP contribution in [0.2, 0.25) is 0 Å². The molecule has 5 heteroatoms. The zero-order valence-electron chi connectivity index (χ0n) is 11.6. The van der Waals surface area contributed by atoms with Crippen LogP contribution in [0.5, 0.6) is 0 Å². The summed E-state index contributed by atoms with van der Waals surface area (Å²) in [7, 11) is -2.91. The Bertz CT molecular complexity index is 372. The number of sulfone groups is 1. The van der Waals surface area contributed by atoms with E-state index in [0.717, 1.165) is 19.6 Å². The molecule has 2 rings (SSSR count). The van der Waals surface area contributed by atoms with Crippen molar-refractivity contribution in [3.05, 3.63) is 0 Å². The van der Waals surface area contributed by atoms with Crippen LogP contribution in [-0.2, 0) is 9.84 Å². The van der Waals surface area contributed by atoms with Crippen LogP contribution < -0.4 is 5.32 Å². The van der Waals surface area contributed by atoms with Gasteiger partial charge >= 0.3 is 0 Å². The van der Waals surface area contributed by atoms with Crippen molar-refractivity contribution in [1.82, 2.24) is 10.2 Å². The van der Waals surface area contributed by atoms with Gasteiger partial charge in [-0.05, 0) is 26.7 Å². The Labute approximate surface area is 111 Å². The summed E-state index contributed by atoms with van der Waals surface area (Å²) in [5.41, 5.74) is 0.255. The van der Waals surface area contributed by atoms with E-state index in [2.05, 4.69) is 10.2 Å². The maximum Gasteiger partial charge on any atom is 0.153 e. The van der Waals surface area contributed by atoms with E-state index < -0.39 is 9.84 Å². The van der Waals surface area contributed by atoms with Gasteiger partial charge < -0.3 is 5.32 Å². The summed E-state index contributed by atoms with van der Waals surface area (Å²) in [5, 5.41) is 3.23. The number of hydrogen-bond donors (Lipinski definition) is 1. The number of rotatable bonds is 4. The second kappa shape index (κ2) is 5.47. The van der Waals surface area contributed by atoms with Gasteiger partial charge in [0.15, 0.2) is 9.84 Å². The summed E-state index contributed by atoms with van der Waals surface area (Å²) in [6.45, 7) is 7.28. The van der Waals surface area contributed by atoms with Crippen LogP contribution in [0.1, 0.15) is 39.5 Å². The predicted molar refractivity (Wildman–Crippen MR) is 74.6 cm³/mol. The SMILES string of the molecule is CC(C)S(=O)(=O)CCN1CCNCC12CCCC2. The fourth-order valence-corrected chi connectivity index (χ4v) is 4.18. The molecule has 4 nitrogen and oxygen atoms in total. The van der Waals surface area contributed by atoms with E-state index in [1.165, 1.54) is 25.7 Å². The summed E-state index contributed by atoms with van der Waals surface area (Å²) >= 11 is 0. The Morgan fingerprint density at radius 1 is 1.28 bits per heavy atom. The molecule has 0 bridgehead atoms. The van der Waals surface area contributed by atoms with Gasteiger partial charge in [0.1, 0.15) is 0 Å². The Hall–Kier alpha value is -0.130. The fraction of sp³-hybridized carbons (Fsp3) is 1.00. The fourth-order valence-electron chi connectivity index (χ4n) is 3.23. The second-order valence-corrected chi connectivity index (χ2v) is 8.69. The lowest BCUT2D eigenvalue weighted by Crippen LogP contribution is -2.60. The van der Waals surface area contributed by atoms with Crippen molar-refractivity contribution < 1.29 is 8.42 Å². The molecule has 0 amide bonds. The summed E-state index contributed by atoms with van der Waals surface area (Å²) in [4.78, 5) is 2.44. The van der Waals surface area contributed by atoms with Crippen LogP contribution in [0.4, 0.5) is 0 Å². The molecule has 106 valence electrons. The van der Waals surface area contributed by atoms with Gasteiger partial charge in [0, 0.05) is 31.7 Å². The van der Waals surface area contributed by atoms with Crippen molar-refractivity contribution in [3.63, 3.8) is 0 Å². The highest BCUT2D eigenvalue weighted by Crippen LogP contribution is 2.35. The molecule has 18 heavy (non-hydrogen) atoms. The summed E-state index contributed by atoms with van der Waals surface area (Å²) in [5.74, 6) is 0.312. The minimum atomic E-state index is -2.91. The molecule has 1 spiro atoms. The molecule has 2 fully saturated rings. The van der Waals surface area contributed by atoms with Crippen molar-refractivity contribution >= 4 is 9.84 Å². The highest BCUT2D eigenvalue weighted by atomic mass is 32.2. The highest BCUT2D eigenvalue weighted by molar-refractivity contribution is 7.92. The van der Waals surface area contributed by atoms with Crippen LogP contribution in [0, 0.1) is 0 Å². The van der Waals surface area contributed by atoms with E-state index in [4.69, 9.17) is 0 Å². The number of hydrogen-bond acceptors (Lipinski definition) is 4.